The molecule has 1 aliphatic rings. The molecule has 1 aliphatic heterocycles. The Hall–Kier alpha value is -1.56. The number of carbonyl (C=O) groups is 1. The predicted octanol–water partition coefficient (Wildman–Crippen LogP) is 2.00. The summed E-state index contributed by atoms with van der Waals surface area (Å²) in [5, 5.41) is 6.88. The van der Waals surface area contributed by atoms with E-state index in [2.05, 4.69) is 10.5 Å². The van der Waals surface area contributed by atoms with Crippen molar-refractivity contribution in [3.05, 3.63) is 17.0 Å². The smallest absolute Gasteiger partial charge is 0.317 e. The second kappa shape index (κ2) is 6.26. The molecule has 0 spiro atoms. The maximum Gasteiger partial charge on any atom is 0.317 e. The zero-order valence-corrected chi connectivity index (χ0v) is 12.6. The van der Waals surface area contributed by atoms with Gasteiger partial charge < -0.3 is 19.5 Å². The van der Waals surface area contributed by atoms with Crippen LogP contribution in [-0.2, 0) is 11.3 Å². The van der Waals surface area contributed by atoms with E-state index in [0.29, 0.717) is 6.54 Å². The minimum Gasteiger partial charge on any atom is -0.376 e. The molecule has 0 aliphatic carbocycles. The maximum absolute atomic E-state index is 12.2. The molecule has 1 saturated heterocycles. The lowest BCUT2D eigenvalue weighted by molar-refractivity contribution is 0.0838. The van der Waals surface area contributed by atoms with Crippen LogP contribution in [0.1, 0.15) is 36.8 Å². The largest absolute Gasteiger partial charge is 0.376 e. The SMILES string of the molecule is Cc1noc(C)c1CN(C)C(=O)N[C@@H](C)[C@@H]1CCCO1. The van der Waals surface area contributed by atoms with E-state index in [1.807, 2.05) is 20.8 Å². The van der Waals surface area contributed by atoms with Crippen LogP contribution < -0.4 is 5.32 Å². The van der Waals surface area contributed by atoms with Crippen LogP contribution in [0.25, 0.3) is 0 Å². The highest BCUT2D eigenvalue weighted by Crippen LogP contribution is 2.17. The van der Waals surface area contributed by atoms with Crippen molar-refractivity contribution < 1.29 is 14.1 Å². The third kappa shape index (κ3) is 3.30. The van der Waals surface area contributed by atoms with E-state index in [-0.39, 0.29) is 18.2 Å². The lowest BCUT2D eigenvalue weighted by Crippen LogP contribution is -2.46. The molecule has 2 atom stereocenters. The molecule has 6 heteroatoms. The number of aromatic nitrogens is 1. The zero-order chi connectivity index (χ0) is 14.7. The predicted molar refractivity (Wildman–Crippen MR) is 74.4 cm³/mol. The average molecular weight is 281 g/mol. The minimum atomic E-state index is -0.104. The van der Waals surface area contributed by atoms with Gasteiger partial charge in [0.1, 0.15) is 5.76 Å². The van der Waals surface area contributed by atoms with Gasteiger partial charge in [0.25, 0.3) is 0 Å². The fourth-order valence-corrected chi connectivity index (χ4v) is 2.43. The molecular weight excluding hydrogens is 258 g/mol. The number of carbonyl (C=O) groups excluding carboxylic acids is 1. The molecule has 0 saturated carbocycles. The molecule has 0 radical (unpaired) electrons. The van der Waals surface area contributed by atoms with E-state index in [0.717, 1.165) is 36.5 Å². The fraction of sp³-hybridized carbons (Fsp3) is 0.714. The van der Waals surface area contributed by atoms with Crippen LogP contribution in [-0.4, -0.2) is 41.9 Å². The number of aryl methyl sites for hydroxylation is 2. The number of urea groups is 1. The van der Waals surface area contributed by atoms with Gasteiger partial charge in [0.15, 0.2) is 0 Å². The molecule has 1 fully saturated rings. The van der Waals surface area contributed by atoms with Crippen molar-refractivity contribution in [3.8, 4) is 0 Å². The monoisotopic (exact) mass is 281 g/mol. The van der Waals surface area contributed by atoms with E-state index in [4.69, 9.17) is 9.26 Å². The van der Waals surface area contributed by atoms with Crippen LogP contribution in [0.2, 0.25) is 0 Å². The first-order valence-corrected chi connectivity index (χ1v) is 7.04. The highest BCUT2D eigenvalue weighted by Gasteiger charge is 2.25. The fourth-order valence-electron chi connectivity index (χ4n) is 2.43. The third-order valence-electron chi connectivity index (χ3n) is 3.80. The maximum atomic E-state index is 12.2. The van der Waals surface area contributed by atoms with Gasteiger partial charge in [0.05, 0.1) is 24.4 Å². The van der Waals surface area contributed by atoms with Crippen molar-refractivity contribution in [2.45, 2.75) is 52.3 Å². The first-order chi connectivity index (χ1) is 9.49. The van der Waals surface area contributed by atoms with Crippen molar-refractivity contribution in [1.82, 2.24) is 15.4 Å². The lowest BCUT2D eigenvalue weighted by atomic mass is 10.1. The molecular formula is C14H23N3O3. The van der Waals surface area contributed by atoms with Gasteiger partial charge in [-0.05, 0) is 33.6 Å². The highest BCUT2D eigenvalue weighted by atomic mass is 16.5. The molecule has 1 aromatic rings. The van der Waals surface area contributed by atoms with Crippen molar-refractivity contribution in [1.29, 1.82) is 0 Å². The number of rotatable bonds is 4. The Morgan fingerprint density at radius 3 is 2.85 bits per heavy atom. The summed E-state index contributed by atoms with van der Waals surface area (Å²) in [4.78, 5) is 13.8. The number of amides is 2. The number of hydrogen-bond donors (Lipinski definition) is 1. The summed E-state index contributed by atoms with van der Waals surface area (Å²) in [7, 11) is 1.77. The minimum absolute atomic E-state index is 0.0251. The summed E-state index contributed by atoms with van der Waals surface area (Å²) in [5.41, 5.74) is 1.79. The Morgan fingerprint density at radius 1 is 1.55 bits per heavy atom. The lowest BCUT2D eigenvalue weighted by Gasteiger charge is -2.24. The van der Waals surface area contributed by atoms with Crippen LogP contribution in [0.4, 0.5) is 4.79 Å². The molecule has 1 aromatic heterocycles. The standard InChI is InChI=1S/C14H23N3O3/c1-9-12(11(3)20-16-9)8-17(4)14(18)15-10(2)13-6-5-7-19-13/h10,13H,5-8H2,1-4H3,(H,15,18)/t10-,13-/m0/s1. The van der Waals surface area contributed by atoms with E-state index < -0.39 is 0 Å². The molecule has 2 rings (SSSR count). The summed E-state index contributed by atoms with van der Waals surface area (Å²) in [6.45, 7) is 7.01. The van der Waals surface area contributed by atoms with Crippen LogP contribution >= 0.6 is 0 Å². The zero-order valence-electron chi connectivity index (χ0n) is 12.6. The van der Waals surface area contributed by atoms with Gasteiger partial charge in [-0.15, -0.1) is 0 Å². The molecule has 2 heterocycles. The van der Waals surface area contributed by atoms with Gasteiger partial charge in [0, 0.05) is 19.2 Å². The Bertz CT molecular complexity index is 447. The van der Waals surface area contributed by atoms with Gasteiger partial charge >= 0.3 is 6.03 Å². The molecule has 0 aromatic carbocycles. The van der Waals surface area contributed by atoms with Gasteiger partial charge in [-0.3, -0.25) is 0 Å². The van der Waals surface area contributed by atoms with E-state index in [1.165, 1.54) is 0 Å². The molecule has 6 nitrogen and oxygen atoms in total. The van der Waals surface area contributed by atoms with E-state index >= 15 is 0 Å². The van der Waals surface area contributed by atoms with Crippen LogP contribution in [0.5, 0.6) is 0 Å². The Balaban J connectivity index is 1.88. The number of ether oxygens (including phenoxy) is 1. The Labute approximate surface area is 119 Å². The van der Waals surface area contributed by atoms with Crippen LogP contribution in [0.15, 0.2) is 4.52 Å². The van der Waals surface area contributed by atoms with Gasteiger partial charge in [-0.1, -0.05) is 5.16 Å². The summed E-state index contributed by atoms with van der Waals surface area (Å²) < 4.78 is 10.7. The molecule has 2 amide bonds. The summed E-state index contributed by atoms with van der Waals surface area (Å²) in [6.07, 6.45) is 2.21. The van der Waals surface area contributed by atoms with E-state index in [1.54, 1.807) is 11.9 Å². The topological polar surface area (TPSA) is 67.6 Å². The average Bonchev–Trinajstić information content (AvgIpc) is 3.03. The highest BCUT2D eigenvalue weighted by molar-refractivity contribution is 5.74. The van der Waals surface area contributed by atoms with E-state index in [9.17, 15) is 4.79 Å². The third-order valence-corrected chi connectivity index (χ3v) is 3.80. The normalized spacial score (nSPS) is 19.9. The van der Waals surface area contributed by atoms with Crippen LogP contribution in [0.3, 0.4) is 0 Å². The van der Waals surface area contributed by atoms with Crippen LogP contribution in [0, 0.1) is 13.8 Å². The molecule has 20 heavy (non-hydrogen) atoms. The molecule has 1 N–H and O–H groups in total. The van der Waals surface area contributed by atoms with Gasteiger partial charge in [-0.2, -0.15) is 0 Å². The first kappa shape index (κ1) is 14.8. The van der Waals surface area contributed by atoms with Crippen molar-refractivity contribution in [3.63, 3.8) is 0 Å². The van der Waals surface area contributed by atoms with Crippen molar-refractivity contribution >= 4 is 6.03 Å². The van der Waals surface area contributed by atoms with Crippen molar-refractivity contribution in [2.75, 3.05) is 13.7 Å². The summed E-state index contributed by atoms with van der Waals surface area (Å²) in [5.74, 6) is 0.759. The number of nitrogens with one attached hydrogen (secondary N) is 1. The van der Waals surface area contributed by atoms with Gasteiger partial charge in [0.2, 0.25) is 0 Å². The second-order valence-corrected chi connectivity index (χ2v) is 5.45. The summed E-state index contributed by atoms with van der Waals surface area (Å²) in [6, 6.07) is -0.0786. The first-order valence-electron chi connectivity index (χ1n) is 7.04. The molecule has 112 valence electrons. The number of nitrogens with zero attached hydrogens (tertiary/aromatic N) is 2. The Morgan fingerprint density at radius 2 is 2.30 bits per heavy atom. The van der Waals surface area contributed by atoms with Gasteiger partial charge in [-0.25, -0.2) is 4.79 Å². The number of hydrogen-bond acceptors (Lipinski definition) is 4. The quantitative estimate of drug-likeness (QED) is 0.916. The van der Waals surface area contributed by atoms with Crippen molar-refractivity contribution in [2.24, 2.45) is 0 Å². The molecule has 0 unspecified atom stereocenters. The molecule has 0 bridgehead atoms. The summed E-state index contributed by atoms with van der Waals surface area (Å²) >= 11 is 0. The second-order valence-electron chi connectivity index (χ2n) is 5.45. The Kier molecular flexibility index (Phi) is 4.65.